The molecule has 1 heterocycles. The molecule has 2 N–H and O–H groups in total. The highest BCUT2D eigenvalue weighted by atomic mass is 32.1. The van der Waals surface area contributed by atoms with Gasteiger partial charge in [-0.15, -0.1) is 11.3 Å². The van der Waals surface area contributed by atoms with E-state index in [1.54, 1.807) is 24.6 Å². The van der Waals surface area contributed by atoms with Gasteiger partial charge < -0.3 is 10.6 Å². The Hall–Kier alpha value is -1.72. The van der Waals surface area contributed by atoms with Gasteiger partial charge in [0.05, 0.1) is 6.54 Å². The minimum absolute atomic E-state index is 0.00792. The summed E-state index contributed by atoms with van der Waals surface area (Å²) in [6.45, 7) is 0.857. The average molecular weight is 261 g/mol. The first-order chi connectivity index (χ1) is 8.81. The molecule has 2 aromatic rings. The fraction of sp³-hybridized carbons (Fsp3) is 0.231. The molecule has 0 unspecified atom stereocenters. The van der Waals surface area contributed by atoms with Gasteiger partial charge in [-0.3, -0.25) is 4.79 Å². The number of carbonyl (C=O) groups excluding carboxylic acids is 1. The Morgan fingerprint density at radius 1 is 1.39 bits per heavy atom. The van der Waals surface area contributed by atoms with E-state index in [1.165, 1.54) is 0 Å². The highest BCUT2D eigenvalue weighted by Crippen LogP contribution is 2.25. The molecule has 0 radical (unpaired) electrons. The highest BCUT2D eigenvalue weighted by molar-refractivity contribution is 7.13. The second kappa shape index (κ2) is 6.28. The van der Waals surface area contributed by atoms with E-state index in [4.69, 9.17) is 0 Å². The molecule has 1 aromatic carbocycles. The Bertz CT molecular complexity index is 511. The van der Waals surface area contributed by atoms with Crippen LogP contribution in [0.2, 0.25) is 0 Å². The van der Waals surface area contributed by atoms with Crippen LogP contribution in [0.25, 0.3) is 10.6 Å². The summed E-state index contributed by atoms with van der Waals surface area (Å²) in [5, 5.41) is 8.63. The molecule has 0 atom stereocenters. The number of hydrogen-bond donors (Lipinski definition) is 2. The fourth-order valence-electron chi connectivity index (χ4n) is 1.66. The zero-order valence-electron chi connectivity index (χ0n) is 10.1. The number of amides is 1. The molecular formula is C13H15N3OS. The zero-order chi connectivity index (χ0) is 12.8. The standard InChI is InChI=1S/C13H15N3OS/c1-14-9-12(17)16-8-10-4-2-3-5-11(10)13-15-6-7-18-13/h2-7,14H,8-9H2,1H3,(H,16,17). The Morgan fingerprint density at radius 3 is 2.94 bits per heavy atom. The smallest absolute Gasteiger partial charge is 0.234 e. The van der Waals surface area contributed by atoms with Crippen LogP contribution in [0.5, 0.6) is 0 Å². The molecule has 1 aromatic heterocycles. The lowest BCUT2D eigenvalue weighted by Crippen LogP contribution is -2.31. The molecule has 0 aliphatic rings. The van der Waals surface area contributed by atoms with Gasteiger partial charge in [0.1, 0.15) is 5.01 Å². The first kappa shape index (κ1) is 12.7. The number of thiazole rings is 1. The predicted octanol–water partition coefficient (Wildman–Crippen LogP) is 1.65. The van der Waals surface area contributed by atoms with Crippen molar-refractivity contribution in [2.24, 2.45) is 0 Å². The Kier molecular flexibility index (Phi) is 4.44. The maximum Gasteiger partial charge on any atom is 0.234 e. The number of rotatable bonds is 5. The minimum Gasteiger partial charge on any atom is -0.351 e. The summed E-state index contributed by atoms with van der Waals surface area (Å²) < 4.78 is 0. The number of aromatic nitrogens is 1. The molecule has 0 spiro atoms. The lowest BCUT2D eigenvalue weighted by molar-refractivity contribution is -0.120. The maximum absolute atomic E-state index is 11.4. The number of benzene rings is 1. The summed E-state index contributed by atoms with van der Waals surface area (Å²) in [5.74, 6) is -0.00792. The first-order valence-corrected chi connectivity index (χ1v) is 6.58. The molecule has 0 saturated heterocycles. The molecule has 0 bridgehead atoms. The molecule has 0 fully saturated rings. The molecular weight excluding hydrogens is 246 g/mol. The molecule has 5 heteroatoms. The van der Waals surface area contributed by atoms with Crippen molar-refractivity contribution < 1.29 is 4.79 Å². The SMILES string of the molecule is CNCC(=O)NCc1ccccc1-c1nccs1. The van der Waals surface area contributed by atoms with E-state index in [0.29, 0.717) is 13.1 Å². The first-order valence-electron chi connectivity index (χ1n) is 5.70. The van der Waals surface area contributed by atoms with Crippen molar-refractivity contribution in [2.75, 3.05) is 13.6 Å². The van der Waals surface area contributed by atoms with Crippen LogP contribution in [0.1, 0.15) is 5.56 Å². The number of likely N-dealkylation sites (N-methyl/N-ethyl adjacent to an activating group) is 1. The van der Waals surface area contributed by atoms with Crippen molar-refractivity contribution in [3.63, 3.8) is 0 Å². The monoisotopic (exact) mass is 261 g/mol. The Labute approximate surface area is 110 Å². The lowest BCUT2D eigenvalue weighted by atomic mass is 10.1. The van der Waals surface area contributed by atoms with E-state index < -0.39 is 0 Å². The van der Waals surface area contributed by atoms with Crippen LogP contribution in [0.3, 0.4) is 0 Å². The van der Waals surface area contributed by atoms with Crippen molar-refractivity contribution in [1.29, 1.82) is 0 Å². The molecule has 0 aliphatic carbocycles. The van der Waals surface area contributed by atoms with Crippen molar-refractivity contribution >= 4 is 17.2 Å². The number of hydrogen-bond acceptors (Lipinski definition) is 4. The Morgan fingerprint density at radius 2 is 2.22 bits per heavy atom. The van der Waals surface area contributed by atoms with Gasteiger partial charge in [-0.25, -0.2) is 4.98 Å². The summed E-state index contributed by atoms with van der Waals surface area (Å²) in [6.07, 6.45) is 1.79. The number of nitrogens with one attached hydrogen (secondary N) is 2. The molecule has 18 heavy (non-hydrogen) atoms. The van der Waals surface area contributed by atoms with Crippen LogP contribution in [-0.2, 0) is 11.3 Å². The molecule has 94 valence electrons. The van der Waals surface area contributed by atoms with Crippen LogP contribution in [-0.4, -0.2) is 24.5 Å². The topological polar surface area (TPSA) is 54.0 Å². The van der Waals surface area contributed by atoms with E-state index >= 15 is 0 Å². The van der Waals surface area contributed by atoms with Crippen LogP contribution >= 0.6 is 11.3 Å². The van der Waals surface area contributed by atoms with Crippen LogP contribution in [0.4, 0.5) is 0 Å². The number of carbonyl (C=O) groups is 1. The van der Waals surface area contributed by atoms with E-state index in [2.05, 4.69) is 15.6 Å². The quantitative estimate of drug-likeness (QED) is 0.860. The molecule has 0 aliphatic heterocycles. The van der Waals surface area contributed by atoms with E-state index in [0.717, 1.165) is 16.1 Å². The van der Waals surface area contributed by atoms with E-state index in [1.807, 2.05) is 29.6 Å². The van der Waals surface area contributed by atoms with Crippen LogP contribution in [0.15, 0.2) is 35.8 Å². The fourth-order valence-corrected chi connectivity index (χ4v) is 2.35. The van der Waals surface area contributed by atoms with Gasteiger partial charge in [0.25, 0.3) is 0 Å². The summed E-state index contributed by atoms with van der Waals surface area (Å²) in [4.78, 5) is 15.7. The van der Waals surface area contributed by atoms with Crippen molar-refractivity contribution in [1.82, 2.24) is 15.6 Å². The maximum atomic E-state index is 11.4. The van der Waals surface area contributed by atoms with Crippen LogP contribution < -0.4 is 10.6 Å². The highest BCUT2D eigenvalue weighted by Gasteiger charge is 2.07. The van der Waals surface area contributed by atoms with Crippen molar-refractivity contribution in [3.05, 3.63) is 41.4 Å². The third-order valence-electron chi connectivity index (χ3n) is 2.49. The van der Waals surface area contributed by atoms with E-state index in [9.17, 15) is 4.79 Å². The summed E-state index contributed by atoms with van der Waals surface area (Å²) in [7, 11) is 1.75. The van der Waals surface area contributed by atoms with Gasteiger partial charge in [-0.1, -0.05) is 24.3 Å². The summed E-state index contributed by atoms with van der Waals surface area (Å²) in [6, 6.07) is 7.99. The third kappa shape index (κ3) is 3.15. The number of nitrogens with zero attached hydrogens (tertiary/aromatic N) is 1. The predicted molar refractivity (Wildman–Crippen MR) is 73.3 cm³/mol. The van der Waals surface area contributed by atoms with Crippen LogP contribution in [0, 0.1) is 0 Å². The third-order valence-corrected chi connectivity index (χ3v) is 3.30. The van der Waals surface area contributed by atoms with Gasteiger partial charge in [0, 0.05) is 23.7 Å². The van der Waals surface area contributed by atoms with Gasteiger partial charge in [-0.2, -0.15) is 0 Å². The lowest BCUT2D eigenvalue weighted by Gasteiger charge is -2.08. The minimum atomic E-state index is -0.00792. The molecule has 0 saturated carbocycles. The second-order valence-corrected chi connectivity index (χ2v) is 4.70. The second-order valence-electron chi connectivity index (χ2n) is 3.80. The normalized spacial score (nSPS) is 10.3. The average Bonchev–Trinajstić information content (AvgIpc) is 2.91. The summed E-state index contributed by atoms with van der Waals surface area (Å²) >= 11 is 1.60. The molecule has 1 amide bonds. The summed E-state index contributed by atoms with van der Waals surface area (Å²) in [5.41, 5.74) is 2.16. The van der Waals surface area contributed by atoms with Gasteiger partial charge in [0.15, 0.2) is 0 Å². The zero-order valence-corrected chi connectivity index (χ0v) is 11.0. The van der Waals surface area contributed by atoms with Gasteiger partial charge in [-0.05, 0) is 12.6 Å². The van der Waals surface area contributed by atoms with Gasteiger partial charge >= 0.3 is 0 Å². The van der Waals surface area contributed by atoms with E-state index in [-0.39, 0.29) is 5.91 Å². The molecule has 2 rings (SSSR count). The molecule has 4 nitrogen and oxygen atoms in total. The van der Waals surface area contributed by atoms with Crippen molar-refractivity contribution in [3.8, 4) is 10.6 Å². The Balaban J connectivity index is 2.11. The largest absolute Gasteiger partial charge is 0.351 e. The van der Waals surface area contributed by atoms with Gasteiger partial charge in [0.2, 0.25) is 5.91 Å². The van der Waals surface area contributed by atoms with Crippen molar-refractivity contribution in [2.45, 2.75) is 6.54 Å².